The van der Waals surface area contributed by atoms with E-state index in [0.717, 1.165) is 0 Å². The van der Waals surface area contributed by atoms with Crippen molar-refractivity contribution in [2.75, 3.05) is 6.61 Å². The number of carbonyl (C=O) groups excluding carboxylic acids is 1. The van der Waals surface area contributed by atoms with E-state index in [9.17, 15) is 9.90 Å². The van der Waals surface area contributed by atoms with E-state index >= 15 is 0 Å². The molecule has 0 radical (unpaired) electrons. The summed E-state index contributed by atoms with van der Waals surface area (Å²) in [4.78, 5) is 11.3. The monoisotopic (exact) mass is 194 g/mol. The SMILES string of the molecule is CC[C@H](O)COC(=O)c1ccccc1. The van der Waals surface area contributed by atoms with Gasteiger partial charge >= 0.3 is 5.97 Å². The van der Waals surface area contributed by atoms with Gasteiger partial charge in [0.2, 0.25) is 0 Å². The summed E-state index contributed by atoms with van der Waals surface area (Å²) in [5, 5.41) is 9.18. The van der Waals surface area contributed by atoms with Gasteiger partial charge in [-0.25, -0.2) is 4.79 Å². The maximum atomic E-state index is 11.3. The number of hydrogen-bond acceptors (Lipinski definition) is 3. The van der Waals surface area contributed by atoms with Gasteiger partial charge in [0.15, 0.2) is 0 Å². The Kier molecular flexibility index (Phi) is 4.13. The summed E-state index contributed by atoms with van der Waals surface area (Å²) in [7, 11) is 0. The summed E-state index contributed by atoms with van der Waals surface area (Å²) in [6.07, 6.45) is 0.0184. The van der Waals surface area contributed by atoms with E-state index in [1.165, 1.54) is 0 Å². The van der Waals surface area contributed by atoms with Crippen LogP contribution in [0.3, 0.4) is 0 Å². The normalized spacial score (nSPS) is 12.1. The minimum atomic E-state index is -0.567. The highest BCUT2D eigenvalue weighted by Crippen LogP contribution is 2.02. The Balaban J connectivity index is 2.44. The molecule has 0 spiro atoms. The number of benzene rings is 1. The van der Waals surface area contributed by atoms with Crippen LogP contribution in [0.4, 0.5) is 0 Å². The first kappa shape index (κ1) is 10.7. The second-order valence-corrected chi connectivity index (χ2v) is 3.03. The number of aliphatic hydroxyl groups excluding tert-OH is 1. The zero-order valence-corrected chi connectivity index (χ0v) is 8.14. The van der Waals surface area contributed by atoms with Crippen LogP contribution in [-0.4, -0.2) is 23.8 Å². The number of esters is 1. The lowest BCUT2D eigenvalue weighted by molar-refractivity contribution is 0.0250. The van der Waals surface area contributed by atoms with Crippen LogP contribution >= 0.6 is 0 Å². The molecular weight excluding hydrogens is 180 g/mol. The van der Waals surface area contributed by atoms with Crippen molar-refractivity contribution in [1.29, 1.82) is 0 Å². The maximum Gasteiger partial charge on any atom is 0.338 e. The molecule has 0 heterocycles. The number of ether oxygens (including phenoxy) is 1. The van der Waals surface area contributed by atoms with Crippen molar-refractivity contribution in [2.24, 2.45) is 0 Å². The van der Waals surface area contributed by atoms with Crippen molar-refractivity contribution < 1.29 is 14.6 Å². The van der Waals surface area contributed by atoms with Gasteiger partial charge in [0.1, 0.15) is 6.61 Å². The molecule has 1 rings (SSSR count). The van der Waals surface area contributed by atoms with Gasteiger partial charge in [-0.1, -0.05) is 25.1 Å². The van der Waals surface area contributed by atoms with Gasteiger partial charge in [0.05, 0.1) is 11.7 Å². The molecule has 76 valence electrons. The first-order chi connectivity index (χ1) is 6.74. The zero-order chi connectivity index (χ0) is 10.4. The van der Waals surface area contributed by atoms with E-state index in [0.29, 0.717) is 12.0 Å². The van der Waals surface area contributed by atoms with Crippen LogP contribution in [0, 0.1) is 0 Å². The first-order valence-electron chi connectivity index (χ1n) is 4.64. The van der Waals surface area contributed by atoms with Gasteiger partial charge in [0.25, 0.3) is 0 Å². The summed E-state index contributed by atoms with van der Waals surface area (Å²) in [6.45, 7) is 1.89. The highest BCUT2D eigenvalue weighted by molar-refractivity contribution is 5.89. The molecule has 1 N–H and O–H groups in total. The summed E-state index contributed by atoms with van der Waals surface area (Å²) in [5.74, 6) is -0.391. The van der Waals surface area contributed by atoms with Gasteiger partial charge in [0, 0.05) is 0 Å². The maximum absolute atomic E-state index is 11.3. The Morgan fingerprint density at radius 1 is 1.43 bits per heavy atom. The topological polar surface area (TPSA) is 46.5 Å². The van der Waals surface area contributed by atoms with Crippen LogP contribution in [0.1, 0.15) is 23.7 Å². The van der Waals surface area contributed by atoms with E-state index in [-0.39, 0.29) is 6.61 Å². The third-order valence-electron chi connectivity index (χ3n) is 1.89. The Labute approximate surface area is 83.3 Å². The van der Waals surface area contributed by atoms with Gasteiger partial charge in [-0.05, 0) is 18.6 Å². The molecule has 14 heavy (non-hydrogen) atoms. The minimum absolute atomic E-state index is 0.0597. The molecule has 0 aliphatic rings. The average Bonchev–Trinajstić information content (AvgIpc) is 2.26. The van der Waals surface area contributed by atoms with E-state index in [2.05, 4.69) is 0 Å². The molecule has 0 aromatic heterocycles. The lowest BCUT2D eigenvalue weighted by Crippen LogP contribution is -2.17. The molecule has 1 aromatic carbocycles. The molecule has 1 aromatic rings. The Morgan fingerprint density at radius 3 is 2.64 bits per heavy atom. The molecule has 1 atom stereocenters. The van der Waals surface area contributed by atoms with Crippen LogP contribution in [0.25, 0.3) is 0 Å². The third kappa shape index (κ3) is 3.18. The number of hydrogen-bond donors (Lipinski definition) is 1. The van der Waals surface area contributed by atoms with Crippen molar-refractivity contribution in [1.82, 2.24) is 0 Å². The molecule has 0 fully saturated rings. The van der Waals surface area contributed by atoms with Crippen LogP contribution in [-0.2, 0) is 4.74 Å². The second-order valence-electron chi connectivity index (χ2n) is 3.03. The van der Waals surface area contributed by atoms with Gasteiger partial charge < -0.3 is 9.84 Å². The molecule has 0 aliphatic heterocycles. The molecule has 3 nitrogen and oxygen atoms in total. The van der Waals surface area contributed by atoms with Crippen molar-refractivity contribution in [3.63, 3.8) is 0 Å². The largest absolute Gasteiger partial charge is 0.459 e. The summed E-state index contributed by atoms with van der Waals surface area (Å²) >= 11 is 0. The lowest BCUT2D eigenvalue weighted by Gasteiger charge is -2.08. The fraction of sp³-hybridized carbons (Fsp3) is 0.364. The van der Waals surface area contributed by atoms with E-state index < -0.39 is 12.1 Å². The van der Waals surface area contributed by atoms with Crippen molar-refractivity contribution >= 4 is 5.97 Å². The summed E-state index contributed by atoms with van der Waals surface area (Å²) in [5.41, 5.74) is 0.510. The number of carbonyl (C=O) groups is 1. The zero-order valence-electron chi connectivity index (χ0n) is 8.14. The fourth-order valence-electron chi connectivity index (χ4n) is 0.947. The number of aliphatic hydroxyl groups is 1. The Morgan fingerprint density at radius 2 is 2.07 bits per heavy atom. The first-order valence-corrected chi connectivity index (χ1v) is 4.64. The fourth-order valence-corrected chi connectivity index (χ4v) is 0.947. The molecular formula is C11H14O3. The van der Waals surface area contributed by atoms with Crippen LogP contribution < -0.4 is 0 Å². The Bertz CT molecular complexity index is 282. The molecule has 0 unspecified atom stereocenters. The molecule has 0 amide bonds. The van der Waals surface area contributed by atoms with Gasteiger partial charge in [-0.3, -0.25) is 0 Å². The quantitative estimate of drug-likeness (QED) is 0.741. The van der Waals surface area contributed by atoms with E-state index in [1.54, 1.807) is 24.3 Å². The summed E-state index contributed by atoms with van der Waals surface area (Å²) < 4.78 is 4.89. The van der Waals surface area contributed by atoms with Crippen molar-refractivity contribution in [2.45, 2.75) is 19.4 Å². The van der Waals surface area contributed by atoms with E-state index in [4.69, 9.17) is 4.74 Å². The minimum Gasteiger partial charge on any atom is -0.459 e. The van der Waals surface area contributed by atoms with E-state index in [1.807, 2.05) is 13.0 Å². The van der Waals surface area contributed by atoms with Crippen LogP contribution in [0.2, 0.25) is 0 Å². The molecule has 0 saturated carbocycles. The second kappa shape index (κ2) is 5.40. The van der Waals surface area contributed by atoms with Gasteiger partial charge in [-0.2, -0.15) is 0 Å². The van der Waals surface area contributed by atoms with Crippen LogP contribution in [0.15, 0.2) is 30.3 Å². The van der Waals surface area contributed by atoms with Crippen molar-refractivity contribution in [3.8, 4) is 0 Å². The highest BCUT2D eigenvalue weighted by Gasteiger charge is 2.08. The molecule has 0 bridgehead atoms. The third-order valence-corrected chi connectivity index (χ3v) is 1.89. The number of rotatable bonds is 4. The lowest BCUT2D eigenvalue weighted by atomic mass is 10.2. The molecule has 3 heteroatoms. The predicted octanol–water partition coefficient (Wildman–Crippen LogP) is 1.61. The summed E-state index contributed by atoms with van der Waals surface area (Å²) in [6, 6.07) is 8.73. The van der Waals surface area contributed by atoms with Crippen LogP contribution in [0.5, 0.6) is 0 Å². The standard InChI is InChI=1S/C11H14O3/c1-2-10(12)8-14-11(13)9-6-4-3-5-7-9/h3-7,10,12H,2,8H2,1H3/t10-/m0/s1. The molecule has 0 saturated heterocycles. The van der Waals surface area contributed by atoms with Crippen molar-refractivity contribution in [3.05, 3.63) is 35.9 Å². The smallest absolute Gasteiger partial charge is 0.338 e. The highest BCUT2D eigenvalue weighted by atomic mass is 16.5. The Hall–Kier alpha value is -1.35. The average molecular weight is 194 g/mol. The molecule has 0 aliphatic carbocycles. The predicted molar refractivity (Wildman–Crippen MR) is 53.0 cm³/mol. The van der Waals surface area contributed by atoms with Gasteiger partial charge in [-0.15, -0.1) is 0 Å².